The summed E-state index contributed by atoms with van der Waals surface area (Å²) in [5.41, 5.74) is 3.06. The molecule has 2 heterocycles. The molecule has 32 heavy (non-hydrogen) atoms. The maximum Gasteiger partial charge on any atom is 0.251 e. The van der Waals surface area contributed by atoms with Crippen LogP contribution in [-0.4, -0.2) is 56.6 Å². The Bertz CT molecular complexity index is 1050. The predicted octanol–water partition coefficient (Wildman–Crippen LogP) is 2.93. The van der Waals surface area contributed by atoms with Crippen molar-refractivity contribution in [2.75, 3.05) is 45.4 Å². The van der Waals surface area contributed by atoms with Gasteiger partial charge >= 0.3 is 0 Å². The number of aromatic nitrogens is 2. The summed E-state index contributed by atoms with van der Waals surface area (Å²) in [6.45, 7) is 3.38. The number of benzene rings is 2. The van der Waals surface area contributed by atoms with Gasteiger partial charge in [-0.15, -0.1) is 10.2 Å². The van der Waals surface area contributed by atoms with E-state index in [1.807, 2.05) is 42.5 Å². The van der Waals surface area contributed by atoms with E-state index in [1.54, 1.807) is 26.4 Å². The van der Waals surface area contributed by atoms with Crippen LogP contribution in [0.1, 0.15) is 15.9 Å². The molecule has 1 aliphatic heterocycles. The Morgan fingerprint density at radius 3 is 2.44 bits per heavy atom. The third-order valence-electron chi connectivity index (χ3n) is 5.36. The van der Waals surface area contributed by atoms with E-state index in [9.17, 15) is 4.79 Å². The van der Waals surface area contributed by atoms with E-state index in [2.05, 4.69) is 20.4 Å². The van der Waals surface area contributed by atoms with Gasteiger partial charge in [0.1, 0.15) is 11.5 Å². The summed E-state index contributed by atoms with van der Waals surface area (Å²) in [5, 5.41) is 11.6. The van der Waals surface area contributed by atoms with Crippen molar-refractivity contribution in [3.8, 4) is 22.8 Å². The molecule has 2 aromatic carbocycles. The van der Waals surface area contributed by atoms with Gasteiger partial charge in [-0.05, 0) is 42.5 Å². The van der Waals surface area contributed by atoms with Crippen molar-refractivity contribution in [1.82, 2.24) is 15.5 Å². The van der Waals surface area contributed by atoms with E-state index in [4.69, 9.17) is 14.2 Å². The van der Waals surface area contributed by atoms with Crippen LogP contribution in [0.5, 0.6) is 11.5 Å². The molecule has 8 heteroatoms. The van der Waals surface area contributed by atoms with Gasteiger partial charge in [-0.1, -0.05) is 12.1 Å². The zero-order valence-corrected chi connectivity index (χ0v) is 18.2. The van der Waals surface area contributed by atoms with E-state index in [0.29, 0.717) is 36.8 Å². The van der Waals surface area contributed by atoms with Crippen molar-refractivity contribution in [2.45, 2.75) is 6.54 Å². The standard InChI is InChI=1S/C24H26N4O4/c1-30-20-7-9-22(31-2)19(15-20)16-25-24(29)18-5-3-17(4-6-18)21-8-10-23(27-26-21)28-11-13-32-14-12-28/h3-10,15H,11-14,16H2,1-2H3,(H,25,29). The molecular weight excluding hydrogens is 408 g/mol. The highest BCUT2D eigenvalue weighted by atomic mass is 16.5. The smallest absolute Gasteiger partial charge is 0.251 e. The van der Waals surface area contributed by atoms with Crippen molar-refractivity contribution >= 4 is 11.7 Å². The number of carbonyl (C=O) groups is 1. The average Bonchev–Trinajstić information content (AvgIpc) is 2.87. The molecule has 8 nitrogen and oxygen atoms in total. The second-order valence-corrected chi connectivity index (χ2v) is 7.31. The first-order valence-electron chi connectivity index (χ1n) is 10.4. The molecule has 0 atom stereocenters. The van der Waals surface area contributed by atoms with Crippen LogP contribution >= 0.6 is 0 Å². The molecule has 166 valence electrons. The van der Waals surface area contributed by atoms with Crippen LogP contribution in [0.3, 0.4) is 0 Å². The number of nitrogens with one attached hydrogen (secondary N) is 1. The molecule has 0 bridgehead atoms. The SMILES string of the molecule is COc1ccc(OC)c(CNC(=O)c2ccc(-c3ccc(N4CCOCC4)nn3)cc2)c1. The fraction of sp³-hybridized carbons (Fsp3) is 0.292. The fourth-order valence-electron chi connectivity index (χ4n) is 3.53. The van der Waals surface area contributed by atoms with Crippen LogP contribution < -0.4 is 19.7 Å². The van der Waals surface area contributed by atoms with Crippen LogP contribution in [0.2, 0.25) is 0 Å². The lowest BCUT2D eigenvalue weighted by Gasteiger charge is -2.27. The van der Waals surface area contributed by atoms with Crippen LogP contribution in [0, 0.1) is 0 Å². The number of hydrogen-bond donors (Lipinski definition) is 1. The largest absolute Gasteiger partial charge is 0.497 e. The zero-order chi connectivity index (χ0) is 22.3. The van der Waals surface area contributed by atoms with Gasteiger partial charge in [0.15, 0.2) is 5.82 Å². The summed E-state index contributed by atoms with van der Waals surface area (Å²) in [6, 6.07) is 16.7. The Morgan fingerprint density at radius 2 is 1.78 bits per heavy atom. The van der Waals surface area contributed by atoms with E-state index in [1.165, 1.54) is 0 Å². The molecule has 1 fully saturated rings. The molecule has 0 aliphatic carbocycles. The number of ether oxygens (including phenoxy) is 3. The summed E-state index contributed by atoms with van der Waals surface area (Å²) in [4.78, 5) is 14.8. The lowest BCUT2D eigenvalue weighted by Crippen LogP contribution is -2.36. The summed E-state index contributed by atoms with van der Waals surface area (Å²) >= 11 is 0. The maximum absolute atomic E-state index is 12.6. The summed E-state index contributed by atoms with van der Waals surface area (Å²) < 4.78 is 16.0. The van der Waals surface area contributed by atoms with Crippen molar-refractivity contribution in [1.29, 1.82) is 0 Å². The van der Waals surface area contributed by atoms with Crippen molar-refractivity contribution in [3.05, 3.63) is 65.7 Å². The van der Waals surface area contributed by atoms with Crippen molar-refractivity contribution in [2.24, 2.45) is 0 Å². The lowest BCUT2D eigenvalue weighted by atomic mass is 10.1. The highest BCUT2D eigenvalue weighted by Gasteiger charge is 2.14. The topological polar surface area (TPSA) is 85.8 Å². The number of nitrogens with zero attached hydrogens (tertiary/aromatic N) is 3. The first kappa shape index (κ1) is 21.6. The number of rotatable bonds is 7. The molecule has 0 saturated carbocycles. The van der Waals surface area contributed by atoms with E-state index in [0.717, 1.165) is 35.7 Å². The monoisotopic (exact) mass is 434 g/mol. The van der Waals surface area contributed by atoms with Gasteiger partial charge in [0.25, 0.3) is 5.91 Å². The van der Waals surface area contributed by atoms with Gasteiger partial charge in [0, 0.05) is 36.3 Å². The summed E-state index contributed by atoms with van der Waals surface area (Å²) in [5.74, 6) is 2.08. The molecule has 1 aromatic heterocycles. The zero-order valence-electron chi connectivity index (χ0n) is 18.2. The number of methoxy groups -OCH3 is 2. The highest BCUT2D eigenvalue weighted by molar-refractivity contribution is 5.94. The quantitative estimate of drug-likeness (QED) is 0.612. The van der Waals surface area contributed by atoms with Crippen LogP contribution in [-0.2, 0) is 11.3 Å². The molecule has 0 radical (unpaired) electrons. The van der Waals surface area contributed by atoms with Gasteiger partial charge in [0.2, 0.25) is 0 Å². The molecule has 0 spiro atoms. The van der Waals surface area contributed by atoms with Gasteiger partial charge in [-0.2, -0.15) is 0 Å². The minimum atomic E-state index is -0.171. The number of hydrogen-bond acceptors (Lipinski definition) is 7. The molecular formula is C24H26N4O4. The van der Waals surface area contributed by atoms with Crippen LogP contribution in [0.15, 0.2) is 54.6 Å². The Hall–Kier alpha value is -3.65. The Morgan fingerprint density at radius 1 is 1.00 bits per heavy atom. The van der Waals surface area contributed by atoms with Gasteiger partial charge in [-0.25, -0.2) is 0 Å². The highest BCUT2D eigenvalue weighted by Crippen LogP contribution is 2.24. The molecule has 0 unspecified atom stereocenters. The first-order chi connectivity index (χ1) is 15.7. The normalized spacial score (nSPS) is 13.5. The van der Waals surface area contributed by atoms with E-state index in [-0.39, 0.29) is 5.91 Å². The number of carbonyl (C=O) groups excluding carboxylic acids is 1. The number of amides is 1. The average molecular weight is 434 g/mol. The number of morpholine rings is 1. The first-order valence-corrected chi connectivity index (χ1v) is 10.4. The number of anilines is 1. The minimum absolute atomic E-state index is 0.171. The minimum Gasteiger partial charge on any atom is -0.497 e. The van der Waals surface area contributed by atoms with E-state index >= 15 is 0 Å². The molecule has 1 saturated heterocycles. The van der Waals surface area contributed by atoms with Crippen molar-refractivity contribution < 1.29 is 19.0 Å². The van der Waals surface area contributed by atoms with Gasteiger partial charge < -0.3 is 24.4 Å². The van der Waals surface area contributed by atoms with E-state index < -0.39 is 0 Å². The fourth-order valence-corrected chi connectivity index (χ4v) is 3.53. The maximum atomic E-state index is 12.6. The molecule has 1 aliphatic rings. The predicted molar refractivity (Wildman–Crippen MR) is 121 cm³/mol. The Labute approximate surface area is 187 Å². The third-order valence-corrected chi connectivity index (χ3v) is 5.36. The summed E-state index contributed by atoms with van der Waals surface area (Å²) in [6.07, 6.45) is 0. The second-order valence-electron chi connectivity index (χ2n) is 7.31. The lowest BCUT2D eigenvalue weighted by molar-refractivity contribution is 0.0950. The summed E-state index contributed by atoms with van der Waals surface area (Å²) in [7, 11) is 3.20. The Balaban J connectivity index is 1.39. The molecule has 3 aromatic rings. The van der Waals surface area contributed by atoms with Gasteiger partial charge in [-0.3, -0.25) is 4.79 Å². The Kier molecular flexibility index (Phi) is 6.81. The third kappa shape index (κ3) is 4.97. The molecule has 1 amide bonds. The van der Waals surface area contributed by atoms with Crippen LogP contribution in [0.25, 0.3) is 11.3 Å². The van der Waals surface area contributed by atoms with Gasteiger partial charge in [0.05, 0.1) is 33.1 Å². The van der Waals surface area contributed by atoms with Crippen LogP contribution in [0.4, 0.5) is 5.82 Å². The van der Waals surface area contributed by atoms with Crippen molar-refractivity contribution in [3.63, 3.8) is 0 Å². The molecule has 4 rings (SSSR count). The molecule has 1 N–H and O–H groups in total. The second kappa shape index (κ2) is 10.1.